The van der Waals surface area contributed by atoms with E-state index in [4.69, 9.17) is 0 Å². The van der Waals surface area contributed by atoms with Crippen LogP contribution in [0.25, 0.3) is 0 Å². The number of nitrogens with one attached hydrogen (secondary N) is 2. The van der Waals surface area contributed by atoms with Crippen molar-refractivity contribution in [2.24, 2.45) is 0 Å². The molecule has 1 heterocycles. The van der Waals surface area contributed by atoms with Crippen molar-refractivity contribution in [1.82, 2.24) is 20.1 Å². The Bertz CT molecular complexity index is 835. The summed E-state index contributed by atoms with van der Waals surface area (Å²) in [5, 5.41) is 14.7. The molecule has 0 radical (unpaired) electrons. The van der Waals surface area contributed by atoms with E-state index in [9.17, 15) is 9.59 Å². The zero-order valence-electron chi connectivity index (χ0n) is 15.2. The SMILES string of the molecule is CC(C)c1nnc(SCC(=O)NCC(=O)Nc2ccccc2Br)n1C1CC1. The summed E-state index contributed by atoms with van der Waals surface area (Å²) in [5.74, 6) is 0.975. The average Bonchev–Trinajstić information content (AvgIpc) is 3.38. The minimum atomic E-state index is -0.275. The van der Waals surface area contributed by atoms with Crippen LogP contribution in [0, 0.1) is 0 Å². The molecule has 1 aliphatic rings. The summed E-state index contributed by atoms with van der Waals surface area (Å²) >= 11 is 4.73. The Kier molecular flexibility index (Phi) is 6.54. The summed E-state index contributed by atoms with van der Waals surface area (Å²) in [5.41, 5.74) is 0.671. The van der Waals surface area contributed by atoms with Gasteiger partial charge in [-0.15, -0.1) is 10.2 Å². The third-order valence-corrected chi connectivity index (χ3v) is 5.68. The summed E-state index contributed by atoms with van der Waals surface area (Å²) in [6, 6.07) is 7.78. The number of nitrogens with zero attached hydrogens (tertiary/aromatic N) is 3. The molecular weight excluding hydrogens is 430 g/mol. The standard InChI is InChI=1S/C18H22BrN5O2S/c1-11(2)17-22-23-18(24(17)12-7-8-12)27-10-16(26)20-9-15(25)21-14-6-4-3-5-13(14)19/h3-6,11-12H,7-10H2,1-2H3,(H,20,26)(H,21,25). The number of anilines is 1. The van der Waals surface area contributed by atoms with Crippen LogP contribution >= 0.6 is 27.7 Å². The molecule has 0 saturated heterocycles. The smallest absolute Gasteiger partial charge is 0.243 e. The number of carbonyl (C=O) groups excluding carboxylic acids is 2. The highest BCUT2D eigenvalue weighted by molar-refractivity contribution is 9.10. The Morgan fingerprint density at radius 2 is 2.00 bits per heavy atom. The monoisotopic (exact) mass is 451 g/mol. The molecule has 1 aromatic carbocycles. The van der Waals surface area contributed by atoms with Crippen molar-refractivity contribution in [3.8, 4) is 0 Å². The van der Waals surface area contributed by atoms with Crippen molar-refractivity contribution in [2.75, 3.05) is 17.6 Å². The van der Waals surface area contributed by atoms with Gasteiger partial charge in [0.1, 0.15) is 5.82 Å². The topological polar surface area (TPSA) is 88.9 Å². The van der Waals surface area contributed by atoms with Crippen molar-refractivity contribution in [3.63, 3.8) is 0 Å². The van der Waals surface area contributed by atoms with Gasteiger partial charge in [0.25, 0.3) is 0 Å². The zero-order valence-corrected chi connectivity index (χ0v) is 17.6. The highest BCUT2D eigenvalue weighted by Crippen LogP contribution is 2.40. The Hall–Kier alpha value is -1.87. The number of halogens is 1. The van der Waals surface area contributed by atoms with Crippen molar-refractivity contribution < 1.29 is 9.59 Å². The predicted molar refractivity (Wildman–Crippen MR) is 109 cm³/mol. The fourth-order valence-electron chi connectivity index (χ4n) is 2.57. The van der Waals surface area contributed by atoms with Crippen LogP contribution in [-0.4, -0.2) is 38.9 Å². The summed E-state index contributed by atoms with van der Waals surface area (Å²) in [7, 11) is 0. The predicted octanol–water partition coefficient (Wildman–Crippen LogP) is 3.35. The number of aromatic nitrogens is 3. The average molecular weight is 452 g/mol. The summed E-state index contributed by atoms with van der Waals surface area (Å²) in [6.07, 6.45) is 2.26. The van der Waals surface area contributed by atoms with Crippen molar-refractivity contribution in [2.45, 2.75) is 43.8 Å². The van der Waals surface area contributed by atoms with E-state index in [1.54, 1.807) is 6.07 Å². The first-order valence-corrected chi connectivity index (χ1v) is 10.6. The molecule has 9 heteroatoms. The normalized spacial score (nSPS) is 13.6. The molecule has 0 atom stereocenters. The van der Waals surface area contributed by atoms with Crippen LogP contribution in [0.4, 0.5) is 5.69 Å². The Balaban J connectivity index is 1.48. The number of para-hydroxylation sites is 1. The number of carbonyl (C=O) groups is 2. The first-order chi connectivity index (χ1) is 13.0. The maximum atomic E-state index is 12.1. The summed E-state index contributed by atoms with van der Waals surface area (Å²) in [4.78, 5) is 24.1. The Morgan fingerprint density at radius 1 is 1.26 bits per heavy atom. The van der Waals surface area contributed by atoms with E-state index in [1.807, 2.05) is 18.2 Å². The van der Waals surface area contributed by atoms with Gasteiger partial charge < -0.3 is 15.2 Å². The van der Waals surface area contributed by atoms with Crippen LogP contribution in [0.2, 0.25) is 0 Å². The molecule has 2 aromatic rings. The van der Waals surface area contributed by atoms with Crippen LogP contribution in [-0.2, 0) is 9.59 Å². The maximum absolute atomic E-state index is 12.1. The summed E-state index contributed by atoms with van der Waals surface area (Å²) in [6.45, 7) is 4.11. The van der Waals surface area contributed by atoms with Gasteiger partial charge in [0.15, 0.2) is 5.16 Å². The summed E-state index contributed by atoms with van der Waals surface area (Å²) < 4.78 is 2.95. The molecule has 1 aliphatic carbocycles. The lowest BCUT2D eigenvalue weighted by atomic mass is 10.2. The lowest BCUT2D eigenvalue weighted by molar-refractivity contribution is -0.122. The minimum Gasteiger partial charge on any atom is -0.346 e. The highest BCUT2D eigenvalue weighted by Gasteiger charge is 2.30. The molecular formula is C18H22BrN5O2S. The van der Waals surface area contributed by atoms with Crippen LogP contribution in [0.5, 0.6) is 0 Å². The number of hydrogen-bond acceptors (Lipinski definition) is 5. The quantitative estimate of drug-likeness (QED) is 0.600. The molecule has 3 rings (SSSR count). The second kappa shape index (κ2) is 8.88. The molecule has 1 aromatic heterocycles. The van der Waals surface area contributed by atoms with Crippen LogP contribution < -0.4 is 10.6 Å². The molecule has 0 bridgehead atoms. The van der Waals surface area contributed by atoms with E-state index in [0.29, 0.717) is 17.6 Å². The van der Waals surface area contributed by atoms with E-state index < -0.39 is 0 Å². The van der Waals surface area contributed by atoms with Gasteiger partial charge in [-0.1, -0.05) is 37.7 Å². The van der Waals surface area contributed by atoms with Crippen LogP contribution in [0.15, 0.2) is 33.9 Å². The van der Waals surface area contributed by atoms with Crippen LogP contribution in [0.1, 0.15) is 44.5 Å². The Labute approximate surface area is 170 Å². The lowest BCUT2D eigenvalue weighted by Crippen LogP contribution is -2.34. The molecule has 1 saturated carbocycles. The highest BCUT2D eigenvalue weighted by atomic mass is 79.9. The van der Waals surface area contributed by atoms with Gasteiger partial charge in [0.2, 0.25) is 11.8 Å². The molecule has 1 fully saturated rings. The van der Waals surface area contributed by atoms with Crippen molar-refractivity contribution >= 4 is 45.2 Å². The van der Waals surface area contributed by atoms with Gasteiger partial charge in [-0.3, -0.25) is 9.59 Å². The number of hydrogen-bond donors (Lipinski definition) is 2. The van der Waals surface area contributed by atoms with Crippen molar-refractivity contribution in [3.05, 3.63) is 34.6 Å². The maximum Gasteiger partial charge on any atom is 0.243 e. The van der Waals surface area contributed by atoms with Crippen molar-refractivity contribution in [1.29, 1.82) is 0 Å². The van der Waals surface area contributed by atoms with Gasteiger partial charge in [0.05, 0.1) is 18.0 Å². The molecule has 144 valence electrons. The molecule has 0 spiro atoms. The minimum absolute atomic E-state index is 0.0761. The number of amides is 2. The van der Waals surface area contributed by atoms with E-state index in [0.717, 1.165) is 28.3 Å². The lowest BCUT2D eigenvalue weighted by Gasteiger charge is -2.11. The third kappa shape index (κ3) is 5.32. The second-order valence-corrected chi connectivity index (χ2v) is 8.49. The van der Waals surface area contributed by atoms with E-state index in [-0.39, 0.29) is 24.1 Å². The molecule has 0 unspecified atom stereocenters. The molecule has 27 heavy (non-hydrogen) atoms. The van der Waals surface area contributed by atoms with E-state index >= 15 is 0 Å². The van der Waals surface area contributed by atoms with Gasteiger partial charge in [0, 0.05) is 16.4 Å². The Morgan fingerprint density at radius 3 is 2.67 bits per heavy atom. The first kappa shape index (κ1) is 19.9. The molecule has 2 amide bonds. The number of thioether (sulfide) groups is 1. The van der Waals surface area contributed by atoms with Gasteiger partial charge in [-0.05, 0) is 40.9 Å². The number of benzene rings is 1. The van der Waals surface area contributed by atoms with Gasteiger partial charge in [-0.2, -0.15) is 0 Å². The number of rotatable bonds is 8. The fourth-order valence-corrected chi connectivity index (χ4v) is 3.80. The molecule has 0 aliphatic heterocycles. The fraction of sp³-hybridized carbons (Fsp3) is 0.444. The zero-order chi connectivity index (χ0) is 19.4. The first-order valence-electron chi connectivity index (χ1n) is 8.84. The van der Waals surface area contributed by atoms with E-state index in [1.165, 1.54) is 11.8 Å². The molecule has 7 nitrogen and oxygen atoms in total. The van der Waals surface area contributed by atoms with Gasteiger partial charge in [-0.25, -0.2) is 0 Å². The van der Waals surface area contributed by atoms with Crippen LogP contribution in [0.3, 0.4) is 0 Å². The van der Waals surface area contributed by atoms with Gasteiger partial charge >= 0.3 is 0 Å². The van der Waals surface area contributed by atoms with E-state index in [2.05, 4.69) is 55.2 Å². The second-order valence-electron chi connectivity index (χ2n) is 6.69. The largest absolute Gasteiger partial charge is 0.346 e. The third-order valence-electron chi connectivity index (χ3n) is 4.05. The molecule has 2 N–H and O–H groups in total.